The number of hydrogen-bond donors (Lipinski definition) is 0. The quantitative estimate of drug-likeness (QED) is 0.197. The van der Waals surface area contributed by atoms with Gasteiger partial charge in [-0.05, 0) is 61.2 Å². The molecule has 0 spiro atoms. The number of aromatic nitrogens is 4. The van der Waals surface area contributed by atoms with E-state index >= 15 is 0 Å². The van der Waals surface area contributed by atoms with E-state index < -0.39 is 0 Å². The van der Waals surface area contributed by atoms with E-state index in [2.05, 4.69) is 35.2 Å². The predicted molar refractivity (Wildman–Crippen MR) is 138 cm³/mol. The molecule has 0 aliphatic rings. The van der Waals surface area contributed by atoms with Crippen molar-refractivity contribution in [3.8, 4) is 22.9 Å². The van der Waals surface area contributed by atoms with Crippen molar-refractivity contribution in [1.29, 1.82) is 0 Å². The van der Waals surface area contributed by atoms with Crippen molar-refractivity contribution in [2.45, 2.75) is 33.4 Å². The molecular weight excluding hydrogens is 448 g/mol. The zero-order chi connectivity index (χ0) is 24.2. The third-order valence-electron chi connectivity index (χ3n) is 4.74. The Bertz CT molecular complexity index is 1180. The van der Waals surface area contributed by atoms with E-state index in [9.17, 15) is 4.79 Å². The van der Waals surface area contributed by atoms with Crippen LogP contribution >= 0.6 is 11.8 Å². The molecule has 0 saturated carbocycles. The molecular formula is C26H30N4O3S. The maximum Gasteiger partial charge on any atom is 0.219 e. The second-order valence-corrected chi connectivity index (χ2v) is 8.43. The molecule has 7 nitrogen and oxygen atoms in total. The number of thioether (sulfide) groups is 1. The number of pyridine rings is 2. The Morgan fingerprint density at radius 2 is 1.94 bits per heavy atom. The summed E-state index contributed by atoms with van der Waals surface area (Å²) in [7, 11) is 0. The highest BCUT2D eigenvalue weighted by atomic mass is 32.2. The molecule has 0 aliphatic heterocycles. The molecule has 1 aromatic carbocycles. The number of aldehydes is 1. The number of hydrogen-bond acceptors (Lipinski definition) is 7. The first-order chi connectivity index (χ1) is 16.7. The summed E-state index contributed by atoms with van der Waals surface area (Å²) in [5.41, 5.74) is 3.01. The topological polar surface area (TPSA) is 79.1 Å². The van der Waals surface area contributed by atoms with Gasteiger partial charge in [0.15, 0.2) is 6.29 Å². The van der Waals surface area contributed by atoms with Gasteiger partial charge < -0.3 is 9.47 Å². The number of ether oxygens (including phenoxy) is 2. The van der Waals surface area contributed by atoms with Crippen molar-refractivity contribution in [3.05, 3.63) is 66.6 Å². The Morgan fingerprint density at radius 3 is 2.62 bits per heavy atom. The van der Waals surface area contributed by atoms with Gasteiger partial charge in [0.2, 0.25) is 5.88 Å². The molecule has 0 amide bonds. The van der Waals surface area contributed by atoms with Crippen molar-refractivity contribution in [1.82, 2.24) is 19.7 Å². The normalized spacial score (nSPS) is 10.6. The van der Waals surface area contributed by atoms with Crippen LogP contribution in [0.3, 0.4) is 0 Å². The molecule has 3 heterocycles. The van der Waals surface area contributed by atoms with Gasteiger partial charge in [0.25, 0.3) is 0 Å². The monoisotopic (exact) mass is 478 g/mol. The lowest BCUT2D eigenvalue weighted by Gasteiger charge is -2.09. The summed E-state index contributed by atoms with van der Waals surface area (Å²) in [6, 6.07) is 14.7. The fraction of sp³-hybridized carbons (Fsp3) is 0.308. The molecule has 0 atom stereocenters. The smallest absolute Gasteiger partial charge is 0.219 e. The van der Waals surface area contributed by atoms with E-state index in [0.29, 0.717) is 30.7 Å². The highest BCUT2D eigenvalue weighted by Gasteiger charge is 2.08. The van der Waals surface area contributed by atoms with Gasteiger partial charge >= 0.3 is 0 Å². The summed E-state index contributed by atoms with van der Waals surface area (Å²) in [5, 5.41) is 5.19. The average molecular weight is 479 g/mol. The van der Waals surface area contributed by atoms with Crippen LogP contribution in [-0.4, -0.2) is 44.7 Å². The Kier molecular flexibility index (Phi) is 10.1. The Hall–Kier alpha value is -3.23. The zero-order valence-electron chi connectivity index (χ0n) is 19.8. The summed E-state index contributed by atoms with van der Waals surface area (Å²) in [5.74, 6) is 2.44. The fourth-order valence-electron chi connectivity index (χ4n) is 3.14. The van der Waals surface area contributed by atoms with Crippen LogP contribution in [0, 0.1) is 0 Å². The first kappa shape index (κ1) is 25.4. The summed E-state index contributed by atoms with van der Waals surface area (Å²) in [6.07, 6.45) is 8.63. The summed E-state index contributed by atoms with van der Waals surface area (Å²) in [6.45, 7) is 5.37. The lowest BCUT2D eigenvalue weighted by atomic mass is 10.2. The van der Waals surface area contributed by atoms with Crippen molar-refractivity contribution in [2.24, 2.45) is 0 Å². The number of carbonyl (C=O) groups is 1. The fourth-order valence-corrected chi connectivity index (χ4v) is 3.55. The third-order valence-corrected chi connectivity index (χ3v) is 5.56. The van der Waals surface area contributed by atoms with Gasteiger partial charge in [0.1, 0.15) is 18.2 Å². The van der Waals surface area contributed by atoms with Gasteiger partial charge in [-0.15, -0.1) is 0 Å². The molecule has 0 radical (unpaired) electrons. The van der Waals surface area contributed by atoms with Crippen LogP contribution < -0.4 is 4.74 Å². The molecule has 0 unspecified atom stereocenters. The Balaban J connectivity index is 0.000000588. The molecule has 34 heavy (non-hydrogen) atoms. The summed E-state index contributed by atoms with van der Waals surface area (Å²) in [4.78, 5) is 19.5. The predicted octanol–water partition coefficient (Wildman–Crippen LogP) is 6.24. The molecule has 0 N–H and O–H groups in total. The standard InChI is InChI=1S/C22H20N4O3.C4H10S/c1-2-11-28-15-26-21(9-10-24-26)17-4-8-22(23-13-17)29-19-6-7-20-16(12-19)3-5-18(14-27)25-20;1-3-4-5-2/h3-10,12-14H,2,11,15H2,1H3;3-4H2,1-2H3. The van der Waals surface area contributed by atoms with Crippen LogP contribution in [0.4, 0.5) is 0 Å². The molecule has 4 aromatic rings. The molecule has 8 heteroatoms. The van der Waals surface area contributed by atoms with E-state index in [1.807, 2.05) is 48.2 Å². The van der Waals surface area contributed by atoms with Crippen LogP contribution in [0.15, 0.2) is 60.9 Å². The molecule has 0 fully saturated rings. The summed E-state index contributed by atoms with van der Waals surface area (Å²) >= 11 is 1.90. The number of rotatable bonds is 10. The van der Waals surface area contributed by atoms with E-state index in [-0.39, 0.29) is 0 Å². The van der Waals surface area contributed by atoms with E-state index in [4.69, 9.17) is 9.47 Å². The number of nitrogens with zero attached hydrogens (tertiary/aromatic N) is 4. The minimum absolute atomic E-state index is 0.405. The molecule has 178 valence electrons. The second kappa shape index (κ2) is 13.5. The maximum absolute atomic E-state index is 10.8. The van der Waals surface area contributed by atoms with Gasteiger partial charge in [-0.2, -0.15) is 16.9 Å². The van der Waals surface area contributed by atoms with Gasteiger partial charge in [-0.25, -0.2) is 14.6 Å². The lowest BCUT2D eigenvalue weighted by Crippen LogP contribution is -2.06. The van der Waals surface area contributed by atoms with Crippen LogP contribution in [0.2, 0.25) is 0 Å². The minimum Gasteiger partial charge on any atom is -0.439 e. The van der Waals surface area contributed by atoms with Gasteiger partial charge in [-0.1, -0.05) is 19.9 Å². The highest BCUT2D eigenvalue weighted by Crippen LogP contribution is 2.26. The van der Waals surface area contributed by atoms with Gasteiger partial charge in [0, 0.05) is 36.0 Å². The number of carbonyl (C=O) groups excluding carboxylic acids is 1. The van der Waals surface area contributed by atoms with Crippen molar-refractivity contribution >= 4 is 29.0 Å². The van der Waals surface area contributed by atoms with Crippen LogP contribution in [0.1, 0.15) is 37.2 Å². The van der Waals surface area contributed by atoms with Gasteiger partial charge in [0.05, 0.1) is 11.2 Å². The molecule has 0 aliphatic carbocycles. The molecule has 3 aromatic heterocycles. The maximum atomic E-state index is 10.8. The van der Waals surface area contributed by atoms with E-state index in [1.165, 1.54) is 12.2 Å². The average Bonchev–Trinajstić information content (AvgIpc) is 3.34. The van der Waals surface area contributed by atoms with Gasteiger partial charge in [-0.3, -0.25) is 4.79 Å². The van der Waals surface area contributed by atoms with E-state index in [1.54, 1.807) is 29.2 Å². The highest BCUT2D eigenvalue weighted by molar-refractivity contribution is 7.98. The van der Waals surface area contributed by atoms with Crippen molar-refractivity contribution < 1.29 is 14.3 Å². The first-order valence-corrected chi connectivity index (χ1v) is 12.7. The zero-order valence-corrected chi connectivity index (χ0v) is 20.6. The number of benzene rings is 1. The Labute approximate surface area is 204 Å². The minimum atomic E-state index is 0.405. The summed E-state index contributed by atoms with van der Waals surface area (Å²) < 4.78 is 13.2. The van der Waals surface area contributed by atoms with Crippen LogP contribution in [0.5, 0.6) is 11.6 Å². The van der Waals surface area contributed by atoms with Crippen molar-refractivity contribution in [3.63, 3.8) is 0 Å². The number of fused-ring (bicyclic) bond motifs is 1. The molecule has 0 bridgehead atoms. The lowest BCUT2D eigenvalue weighted by molar-refractivity contribution is 0.0705. The SMILES string of the molecule is CCCOCn1nccc1-c1ccc(Oc2ccc3nc(C=O)ccc3c2)nc1.CCCSC. The second-order valence-electron chi connectivity index (χ2n) is 7.44. The van der Waals surface area contributed by atoms with Crippen molar-refractivity contribution in [2.75, 3.05) is 18.6 Å². The molecule has 0 saturated heterocycles. The largest absolute Gasteiger partial charge is 0.439 e. The van der Waals surface area contributed by atoms with Crippen LogP contribution in [0.25, 0.3) is 22.2 Å². The van der Waals surface area contributed by atoms with E-state index in [0.717, 1.165) is 34.9 Å². The third kappa shape index (κ3) is 7.13. The Morgan fingerprint density at radius 1 is 1.06 bits per heavy atom. The van der Waals surface area contributed by atoms with Crippen LogP contribution in [-0.2, 0) is 11.5 Å². The molecule has 4 rings (SSSR count). The first-order valence-electron chi connectivity index (χ1n) is 11.3.